The van der Waals surface area contributed by atoms with Crippen LogP contribution < -0.4 is 10.6 Å². The molecule has 0 bridgehead atoms. The van der Waals surface area contributed by atoms with E-state index in [0.29, 0.717) is 0 Å². The minimum atomic E-state index is -0.582. The minimum absolute atomic E-state index is 0.0287. The zero-order chi connectivity index (χ0) is 16.0. The van der Waals surface area contributed by atoms with Crippen LogP contribution in [0.15, 0.2) is 30.0 Å². The third kappa shape index (κ3) is 4.95. The number of ether oxygens (including phenoxy) is 1. The van der Waals surface area contributed by atoms with Crippen LogP contribution in [0.1, 0.15) is 25.0 Å². The van der Waals surface area contributed by atoms with Gasteiger partial charge in [0.1, 0.15) is 5.70 Å². The molecule has 0 aliphatic carbocycles. The highest BCUT2D eigenvalue weighted by Gasteiger charge is 2.14. The Balaban J connectivity index is 3.08. The molecule has 2 N–H and O–H groups in total. The summed E-state index contributed by atoms with van der Waals surface area (Å²) < 4.78 is 4.59. The minimum Gasteiger partial charge on any atom is -0.466 e. The van der Waals surface area contributed by atoms with Crippen molar-refractivity contribution in [2.24, 2.45) is 0 Å². The van der Waals surface area contributed by atoms with E-state index in [4.69, 9.17) is 0 Å². The van der Waals surface area contributed by atoms with Crippen LogP contribution >= 0.6 is 0 Å². The van der Waals surface area contributed by atoms with Gasteiger partial charge >= 0.3 is 5.97 Å². The summed E-state index contributed by atoms with van der Waals surface area (Å²) in [4.78, 5) is 23.6. The SMILES string of the molecule is COC(=O)/C=C(\Nc1cccc(C)c1C)C(=O)NC(C)C. The molecule has 1 aromatic rings. The van der Waals surface area contributed by atoms with Crippen LogP contribution in [0.2, 0.25) is 0 Å². The maximum Gasteiger partial charge on any atom is 0.332 e. The fourth-order valence-electron chi connectivity index (χ4n) is 1.71. The van der Waals surface area contributed by atoms with E-state index in [1.54, 1.807) is 0 Å². The molecule has 0 unspecified atom stereocenters. The van der Waals surface area contributed by atoms with Gasteiger partial charge in [-0.25, -0.2) is 4.79 Å². The van der Waals surface area contributed by atoms with Crippen molar-refractivity contribution < 1.29 is 14.3 Å². The number of hydrogen-bond donors (Lipinski definition) is 2. The predicted octanol–water partition coefficient (Wildman–Crippen LogP) is 2.30. The van der Waals surface area contributed by atoms with Crippen molar-refractivity contribution in [3.63, 3.8) is 0 Å². The van der Waals surface area contributed by atoms with Crippen molar-refractivity contribution in [2.75, 3.05) is 12.4 Å². The molecule has 0 atom stereocenters. The van der Waals surface area contributed by atoms with Crippen molar-refractivity contribution in [1.82, 2.24) is 5.32 Å². The number of methoxy groups -OCH3 is 1. The average molecular weight is 290 g/mol. The molecule has 0 saturated heterocycles. The highest BCUT2D eigenvalue weighted by molar-refractivity contribution is 6.02. The Morgan fingerprint density at radius 3 is 2.48 bits per heavy atom. The molecule has 21 heavy (non-hydrogen) atoms. The summed E-state index contributed by atoms with van der Waals surface area (Å²) in [5.41, 5.74) is 3.06. The Labute approximate surface area is 125 Å². The number of benzene rings is 1. The Bertz CT molecular complexity index is 563. The van der Waals surface area contributed by atoms with Crippen molar-refractivity contribution >= 4 is 17.6 Å². The Kier molecular flexibility index (Phi) is 5.96. The number of carbonyl (C=O) groups is 2. The second kappa shape index (κ2) is 7.47. The van der Waals surface area contributed by atoms with Gasteiger partial charge in [-0.1, -0.05) is 12.1 Å². The molecular formula is C16H22N2O3. The number of aryl methyl sites for hydroxylation is 1. The highest BCUT2D eigenvalue weighted by atomic mass is 16.5. The maximum atomic E-state index is 12.2. The van der Waals surface area contributed by atoms with Crippen molar-refractivity contribution in [2.45, 2.75) is 33.7 Å². The molecule has 5 heteroatoms. The smallest absolute Gasteiger partial charge is 0.332 e. The summed E-state index contributed by atoms with van der Waals surface area (Å²) >= 11 is 0. The number of anilines is 1. The molecule has 0 aliphatic rings. The molecule has 0 heterocycles. The summed E-state index contributed by atoms with van der Waals surface area (Å²) in [7, 11) is 1.27. The molecule has 114 valence electrons. The van der Waals surface area contributed by atoms with Gasteiger partial charge in [0.25, 0.3) is 5.91 Å². The molecule has 0 aliphatic heterocycles. The molecule has 0 radical (unpaired) electrons. The van der Waals surface area contributed by atoms with Gasteiger partial charge in [0.05, 0.1) is 13.2 Å². The van der Waals surface area contributed by atoms with Crippen molar-refractivity contribution in [3.8, 4) is 0 Å². The van der Waals surface area contributed by atoms with E-state index in [-0.39, 0.29) is 17.6 Å². The number of hydrogen-bond acceptors (Lipinski definition) is 4. The molecule has 0 saturated carbocycles. The van der Waals surface area contributed by atoms with E-state index in [9.17, 15) is 9.59 Å². The fraction of sp³-hybridized carbons (Fsp3) is 0.375. The van der Waals surface area contributed by atoms with Gasteiger partial charge < -0.3 is 15.4 Å². The molecule has 0 fully saturated rings. The lowest BCUT2D eigenvalue weighted by Gasteiger charge is -2.15. The maximum absolute atomic E-state index is 12.2. The topological polar surface area (TPSA) is 67.4 Å². The molecule has 5 nitrogen and oxygen atoms in total. The number of rotatable bonds is 5. The van der Waals surface area contributed by atoms with Crippen LogP contribution in [0.5, 0.6) is 0 Å². The van der Waals surface area contributed by atoms with Crippen LogP contribution in [-0.4, -0.2) is 25.0 Å². The fourth-order valence-corrected chi connectivity index (χ4v) is 1.71. The van der Waals surface area contributed by atoms with Gasteiger partial charge in [-0.3, -0.25) is 4.79 Å². The zero-order valence-corrected chi connectivity index (χ0v) is 13.1. The summed E-state index contributed by atoms with van der Waals surface area (Å²) in [6.45, 7) is 7.64. The lowest BCUT2D eigenvalue weighted by Crippen LogP contribution is -2.34. The largest absolute Gasteiger partial charge is 0.466 e. The third-order valence-corrected chi connectivity index (χ3v) is 3.00. The number of nitrogens with one attached hydrogen (secondary N) is 2. The first-order valence-electron chi connectivity index (χ1n) is 6.79. The van der Waals surface area contributed by atoms with E-state index in [0.717, 1.165) is 22.9 Å². The first-order chi connectivity index (χ1) is 9.85. The quantitative estimate of drug-likeness (QED) is 0.645. The van der Waals surface area contributed by atoms with Gasteiger partial charge in [0.15, 0.2) is 0 Å². The second-order valence-corrected chi connectivity index (χ2v) is 5.08. The van der Waals surface area contributed by atoms with E-state index in [1.807, 2.05) is 45.9 Å². The molecule has 0 aromatic heterocycles. The lowest BCUT2D eigenvalue weighted by atomic mass is 10.1. The molecule has 1 amide bonds. The van der Waals surface area contributed by atoms with Gasteiger partial charge in [-0.15, -0.1) is 0 Å². The van der Waals surface area contributed by atoms with Crippen LogP contribution in [0, 0.1) is 13.8 Å². The van der Waals surface area contributed by atoms with Crippen molar-refractivity contribution in [1.29, 1.82) is 0 Å². The predicted molar refractivity (Wildman–Crippen MR) is 82.9 cm³/mol. The average Bonchev–Trinajstić information content (AvgIpc) is 2.41. The van der Waals surface area contributed by atoms with Crippen LogP contribution in [0.4, 0.5) is 5.69 Å². The van der Waals surface area contributed by atoms with Gasteiger partial charge in [0, 0.05) is 11.7 Å². The summed E-state index contributed by atoms with van der Waals surface area (Å²) in [5, 5.41) is 5.76. The number of esters is 1. The molecule has 1 rings (SSSR count). The van der Waals surface area contributed by atoms with E-state index in [1.165, 1.54) is 7.11 Å². The first-order valence-corrected chi connectivity index (χ1v) is 6.79. The molecular weight excluding hydrogens is 268 g/mol. The molecule has 1 aromatic carbocycles. The monoisotopic (exact) mass is 290 g/mol. The molecule has 0 spiro atoms. The summed E-state index contributed by atoms with van der Waals surface area (Å²) in [6.07, 6.45) is 1.15. The van der Waals surface area contributed by atoms with Crippen LogP contribution in [0.3, 0.4) is 0 Å². The Hall–Kier alpha value is -2.30. The van der Waals surface area contributed by atoms with Gasteiger partial charge in [-0.2, -0.15) is 0 Å². The summed E-state index contributed by atoms with van der Waals surface area (Å²) in [6, 6.07) is 5.70. The van der Waals surface area contributed by atoms with E-state index < -0.39 is 5.97 Å². The highest BCUT2D eigenvalue weighted by Crippen LogP contribution is 2.19. The lowest BCUT2D eigenvalue weighted by molar-refractivity contribution is -0.135. The number of amides is 1. The summed E-state index contributed by atoms with van der Waals surface area (Å²) in [5.74, 6) is -0.932. The van der Waals surface area contributed by atoms with Crippen LogP contribution in [0.25, 0.3) is 0 Å². The first kappa shape index (κ1) is 16.8. The van der Waals surface area contributed by atoms with Gasteiger partial charge in [0.2, 0.25) is 0 Å². The Morgan fingerprint density at radius 2 is 1.90 bits per heavy atom. The van der Waals surface area contributed by atoms with Gasteiger partial charge in [-0.05, 0) is 44.9 Å². The van der Waals surface area contributed by atoms with Crippen molar-refractivity contribution in [3.05, 3.63) is 41.1 Å². The van der Waals surface area contributed by atoms with Crippen LogP contribution in [-0.2, 0) is 14.3 Å². The second-order valence-electron chi connectivity index (χ2n) is 5.08. The third-order valence-electron chi connectivity index (χ3n) is 3.00. The normalized spacial score (nSPS) is 11.2. The zero-order valence-electron chi connectivity index (χ0n) is 13.1. The van der Waals surface area contributed by atoms with E-state index in [2.05, 4.69) is 15.4 Å². The standard InChI is InChI=1S/C16H22N2O3/c1-10(2)17-16(20)14(9-15(19)21-5)18-13-8-6-7-11(3)12(13)4/h6-10,18H,1-5H3,(H,17,20)/b14-9-. The number of carbonyl (C=O) groups excluding carboxylic acids is 2. The Morgan fingerprint density at radius 1 is 1.24 bits per heavy atom. The van der Waals surface area contributed by atoms with E-state index >= 15 is 0 Å².